The van der Waals surface area contributed by atoms with Gasteiger partial charge in [-0.15, -0.1) is 11.8 Å². The molecule has 2 N–H and O–H groups in total. The summed E-state index contributed by atoms with van der Waals surface area (Å²) in [6.45, 7) is 6.46. The van der Waals surface area contributed by atoms with Gasteiger partial charge in [0.25, 0.3) is 0 Å². The van der Waals surface area contributed by atoms with Crippen LogP contribution in [0.1, 0.15) is 17.0 Å². The lowest BCUT2D eigenvalue weighted by Gasteiger charge is -2.15. The molecular weight excluding hydrogens is 310 g/mol. The molecule has 0 saturated heterocycles. The molecule has 0 aliphatic rings. The summed E-state index contributed by atoms with van der Waals surface area (Å²) in [6.07, 6.45) is 1.36. The molecule has 0 bridgehead atoms. The average molecular weight is 333 g/mol. The van der Waals surface area contributed by atoms with Gasteiger partial charge in [0.1, 0.15) is 18.5 Å². The van der Waals surface area contributed by atoms with Crippen molar-refractivity contribution in [1.82, 2.24) is 9.97 Å². The van der Waals surface area contributed by atoms with Gasteiger partial charge in [-0.2, -0.15) is 0 Å². The molecule has 0 amide bonds. The van der Waals surface area contributed by atoms with Crippen LogP contribution in [0, 0.1) is 20.8 Å². The van der Waals surface area contributed by atoms with Gasteiger partial charge in [-0.05, 0) is 44.7 Å². The van der Waals surface area contributed by atoms with Crippen LogP contribution >= 0.6 is 11.8 Å². The third kappa shape index (κ3) is 4.84. The predicted octanol–water partition coefficient (Wildman–Crippen LogP) is 2.98. The maximum Gasteiger partial charge on any atom is 0.223 e. The Balaban J connectivity index is 1.87. The molecule has 124 valence electrons. The van der Waals surface area contributed by atoms with Gasteiger partial charge in [0, 0.05) is 22.8 Å². The minimum absolute atomic E-state index is 0.217. The number of benzene rings is 1. The van der Waals surface area contributed by atoms with Crippen molar-refractivity contribution < 1.29 is 9.84 Å². The number of aliphatic hydroxyl groups is 1. The highest BCUT2D eigenvalue weighted by Gasteiger charge is 2.10. The summed E-state index contributed by atoms with van der Waals surface area (Å²) < 4.78 is 5.69. The Bertz CT molecular complexity index is 641. The number of anilines is 1. The lowest BCUT2D eigenvalue weighted by atomic mass is 10.2. The van der Waals surface area contributed by atoms with Gasteiger partial charge < -0.3 is 15.2 Å². The molecule has 6 heteroatoms. The van der Waals surface area contributed by atoms with Crippen LogP contribution in [0.25, 0.3) is 0 Å². The molecule has 0 radical (unpaired) electrons. The minimum Gasteiger partial charge on any atom is -0.490 e. The number of ether oxygens (including phenoxy) is 1. The SMILES string of the molecule is CSc1ccccc1OC[C@H](O)CNc1nc(C)c(C)c(C)n1. The summed E-state index contributed by atoms with van der Waals surface area (Å²) in [5.41, 5.74) is 2.98. The number of aryl methyl sites for hydroxylation is 2. The van der Waals surface area contributed by atoms with Crippen LogP contribution in [-0.4, -0.2) is 40.6 Å². The highest BCUT2D eigenvalue weighted by Crippen LogP contribution is 2.26. The normalized spacial score (nSPS) is 12.0. The quantitative estimate of drug-likeness (QED) is 0.759. The van der Waals surface area contributed by atoms with Crippen LogP contribution in [-0.2, 0) is 0 Å². The van der Waals surface area contributed by atoms with E-state index in [9.17, 15) is 5.11 Å². The molecule has 0 spiro atoms. The van der Waals surface area contributed by atoms with Crippen LogP contribution in [0.5, 0.6) is 5.75 Å². The van der Waals surface area contributed by atoms with Crippen LogP contribution < -0.4 is 10.1 Å². The third-order valence-electron chi connectivity index (χ3n) is 3.63. The summed E-state index contributed by atoms with van der Waals surface area (Å²) in [7, 11) is 0. The first kappa shape index (κ1) is 17.6. The first-order valence-corrected chi connectivity index (χ1v) is 8.73. The molecule has 23 heavy (non-hydrogen) atoms. The van der Waals surface area contributed by atoms with Crippen molar-refractivity contribution in [3.05, 3.63) is 41.2 Å². The lowest BCUT2D eigenvalue weighted by Crippen LogP contribution is -2.27. The van der Waals surface area contributed by atoms with Gasteiger partial charge in [0.15, 0.2) is 0 Å². The second kappa shape index (κ2) is 8.17. The maximum absolute atomic E-state index is 10.1. The number of nitrogens with one attached hydrogen (secondary N) is 1. The number of thioether (sulfide) groups is 1. The van der Waals surface area contributed by atoms with Gasteiger partial charge in [-0.3, -0.25) is 0 Å². The number of para-hydroxylation sites is 1. The van der Waals surface area contributed by atoms with Crippen molar-refractivity contribution in [2.75, 3.05) is 24.7 Å². The summed E-state index contributed by atoms with van der Waals surface area (Å²) in [5.74, 6) is 1.33. The molecule has 0 unspecified atom stereocenters. The van der Waals surface area contributed by atoms with Crippen LogP contribution in [0.4, 0.5) is 5.95 Å². The van der Waals surface area contributed by atoms with Crippen LogP contribution in [0.15, 0.2) is 29.2 Å². The fourth-order valence-corrected chi connectivity index (χ4v) is 2.59. The molecule has 0 fully saturated rings. The van der Waals surface area contributed by atoms with Crippen molar-refractivity contribution in [2.45, 2.75) is 31.8 Å². The van der Waals surface area contributed by atoms with E-state index in [1.54, 1.807) is 11.8 Å². The smallest absolute Gasteiger partial charge is 0.223 e. The Morgan fingerprint density at radius 3 is 2.48 bits per heavy atom. The minimum atomic E-state index is -0.643. The Morgan fingerprint density at radius 2 is 1.83 bits per heavy atom. The monoisotopic (exact) mass is 333 g/mol. The van der Waals surface area contributed by atoms with E-state index in [0.29, 0.717) is 12.5 Å². The van der Waals surface area contributed by atoms with Crippen molar-refractivity contribution in [1.29, 1.82) is 0 Å². The zero-order valence-corrected chi connectivity index (χ0v) is 14.8. The number of aliphatic hydroxyl groups excluding tert-OH is 1. The average Bonchev–Trinajstić information content (AvgIpc) is 2.56. The summed E-state index contributed by atoms with van der Waals surface area (Å²) in [5, 5.41) is 13.1. The topological polar surface area (TPSA) is 67.3 Å². The molecule has 0 aliphatic carbocycles. The van der Waals surface area contributed by atoms with E-state index in [-0.39, 0.29) is 6.61 Å². The third-order valence-corrected chi connectivity index (χ3v) is 4.41. The number of aromatic nitrogens is 2. The largest absolute Gasteiger partial charge is 0.490 e. The molecule has 0 aliphatic heterocycles. The fraction of sp³-hybridized carbons (Fsp3) is 0.412. The lowest BCUT2D eigenvalue weighted by molar-refractivity contribution is 0.116. The zero-order chi connectivity index (χ0) is 16.8. The summed E-state index contributed by atoms with van der Waals surface area (Å²) in [4.78, 5) is 9.80. The molecular formula is C17H23N3O2S. The molecule has 2 rings (SSSR count). The van der Waals surface area contributed by atoms with Crippen molar-refractivity contribution in [3.8, 4) is 5.75 Å². The number of rotatable bonds is 7. The second-order valence-corrected chi connectivity index (χ2v) is 6.19. The highest BCUT2D eigenvalue weighted by atomic mass is 32.2. The van der Waals surface area contributed by atoms with Gasteiger partial charge >= 0.3 is 0 Å². The van der Waals surface area contributed by atoms with Gasteiger partial charge in [-0.25, -0.2) is 9.97 Å². The van der Waals surface area contributed by atoms with E-state index in [0.717, 1.165) is 27.6 Å². The van der Waals surface area contributed by atoms with E-state index in [4.69, 9.17) is 4.74 Å². The molecule has 1 heterocycles. The number of hydrogen-bond acceptors (Lipinski definition) is 6. The van der Waals surface area contributed by atoms with E-state index >= 15 is 0 Å². The number of hydrogen-bond donors (Lipinski definition) is 2. The van der Waals surface area contributed by atoms with Crippen molar-refractivity contribution in [3.63, 3.8) is 0 Å². The maximum atomic E-state index is 10.1. The van der Waals surface area contributed by atoms with Crippen LogP contribution in [0.3, 0.4) is 0 Å². The van der Waals surface area contributed by atoms with Crippen molar-refractivity contribution >= 4 is 17.7 Å². The Hall–Kier alpha value is -1.79. The van der Waals surface area contributed by atoms with E-state index in [2.05, 4.69) is 15.3 Å². The van der Waals surface area contributed by atoms with Gasteiger partial charge in [0.2, 0.25) is 5.95 Å². The molecule has 1 aromatic carbocycles. The first-order valence-electron chi connectivity index (χ1n) is 7.51. The predicted molar refractivity (Wildman–Crippen MR) is 94.5 cm³/mol. The van der Waals surface area contributed by atoms with Crippen molar-refractivity contribution in [2.24, 2.45) is 0 Å². The first-order chi connectivity index (χ1) is 11.0. The second-order valence-electron chi connectivity index (χ2n) is 5.34. The summed E-state index contributed by atoms with van der Waals surface area (Å²) in [6, 6.07) is 7.79. The van der Waals surface area contributed by atoms with E-state index in [1.165, 1.54) is 0 Å². The molecule has 0 saturated carbocycles. The Morgan fingerprint density at radius 1 is 1.17 bits per heavy atom. The Kier molecular flexibility index (Phi) is 6.24. The molecule has 2 aromatic rings. The van der Waals surface area contributed by atoms with Gasteiger partial charge in [-0.1, -0.05) is 12.1 Å². The molecule has 1 aromatic heterocycles. The highest BCUT2D eigenvalue weighted by molar-refractivity contribution is 7.98. The standard InChI is InChI=1S/C17H23N3O2S/c1-11-12(2)19-17(20-13(11)3)18-9-14(21)10-22-15-7-5-6-8-16(15)23-4/h5-8,14,21H,9-10H2,1-4H3,(H,18,19,20)/t14-/m1/s1. The van der Waals surface area contributed by atoms with Gasteiger partial charge in [0.05, 0.1) is 0 Å². The van der Waals surface area contributed by atoms with E-state index in [1.807, 2.05) is 51.3 Å². The Labute approximate surface area is 141 Å². The van der Waals surface area contributed by atoms with E-state index < -0.39 is 6.10 Å². The molecule has 5 nitrogen and oxygen atoms in total. The number of nitrogens with zero attached hydrogens (tertiary/aromatic N) is 2. The summed E-state index contributed by atoms with van der Waals surface area (Å²) >= 11 is 1.62. The fourth-order valence-electron chi connectivity index (χ4n) is 2.04. The molecule has 1 atom stereocenters. The van der Waals surface area contributed by atoms with Crippen LogP contribution in [0.2, 0.25) is 0 Å². The zero-order valence-electron chi connectivity index (χ0n) is 14.0.